The SMILES string of the molecule is CCCNCC(=O)NCCC(N)=O. The molecule has 0 aromatic rings. The maximum Gasteiger partial charge on any atom is 0.233 e. The summed E-state index contributed by atoms with van der Waals surface area (Å²) < 4.78 is 0. The molecule has 0 unspecified atom stereocenters. The number of amides is 2. The van der Waals surface area contributed by atoms with Gasteiger partial charge in [-0.25, -0.2) is 0 Å². The van der Waals surface area contributed by atoms with Gasteiger partial charge in [0.15, 0.2) is 0 Å². The lowest BCUT2D eigenvalue weighted by Gasteiger charge is -2.04. The van der Waals surface area contributed by atoms with Gasteiger partial charge in [-0.3, -0.25) is 9.59 Å². The fourth-order valence-corrected chi connectivity index (χ4v) is 0.766. The summed E-state index contributed by atoms with van der Waals surface area (Å²) in [7, 11) is 0. The zero-order valence-electron chi connectivity index (χ0n) is 7.93. The maximum absolute atomic E-state index is 11.0. The molecule has 0 saturated heterocycles. The lowest BCUT2D eigenvalue weighted by atomic mass is 10.4. The van der Waals surface area contributed by atoms with E-state index in [9.17, 15) is 9.59 Å². The molecule has 0 aromatic heterocycles. The third kappa shape index (κ3) is 8.81. The molecule has 0 atom stereocenters. The molecule has 0 heterocycles. The number of nitrogens with one attached hydrogen (secondary N) is 2. The first kappa shape index (κ1) is 11.9. The molecule has 0 rings (SSSR count). The van der Waals surface area contributed by atoms with E-state index in [1.165, 1.54) is 0 Å². The van der Waals surface area contributed by atoms with Crippen LogP contribution >= 0.6 is 0 Å². The van der Waals surface area contributed by atoms with Gasteiger partial charge in [0.05, 0.1) is 6.54 Å². The predicted octanol–water partition coefficient (Wildman–Crippen LogP) is -1.02. The molecule has 0 aliphatic heterocycles. The average Bonchev–Trinajstić information content (AvgIpc) is 2.04. The molecule has 0 aliphatic carbocycles. The molecule has 5 nitrogen and oxygen atoms in total. The van der Waals surface area contributed by atoms with Crippen LogP contribution in [-0.2, 0) is 9.59 Å². The number of rotatable bonds is 7. The second-order valence-corrected chi connectivity index (χ2v) is 2.74. The Morgan fingerprint density at radius 2 is 2.00 bits per heavy atom. The van der Waals surface area contributed by atoms with Crippen molar-refractivity contribution in [1.82, 2.24) is 10.6 Å². The van der Waals surface area contributed by atoms with E-state index in [2.05, 4.69) is 10.6 Å². The minimum absolute atomic E-state index is 0.102. The molecule has 0 aromatic carbocycles. The lowest BCUT2D eigenvalue weighted by Crippen LogP contribution is -2.35. The van der Waals surface area contributed by atoms with Gasteiger partial charge < -0.3 is 16.4 Å². The molecule has 0 spiro atoms. The lowest BCUT2D eigenvalue weighted by molar-refractivity contribution is -0.120. The Morgan fingerprint density at radius 3 is 2.54 bits per heavy atom. The second-order valence-electron chi connectivity index (χ2n) is 2.74. The van der Waals surface area contributed by atoms with Crippen molar-refractivity contribution >= 4 is 11.8 Å². The molecule has 0 radical (unpaired) electrons. The predicted molar refractivity (Wildman–Crippen MR) is 50.0 cm³/mol. The number of hydrogen-bond acceptors (Lipinski definition) is 3. The molecule has 0 bridgehead atoms. The maximum atomic E-state index is 11.0. The van der Waals surface area contributed by atoms with E-state index in [1.54, 1.807) is 0 Å². The van der Waals surface area contributed by atoms with E-state index in [4.69, 9.17) is 5.73 Å². The van der Waals surface area contributed by atoms with E-state index < -0.39 is 5.91 Å². The standard InChI is InChI=1S/C8H17N3O2/c1-2-4-10-6-8(13)11-5-3-7(9)12/h10H,2-6H2,1H3,(H2,9,12)(H,11,13). The minimum Gasteiger partial charge on any atom is -0.370 e. The van der Waals surface area contributed by atoms with Crippen molar-refractivity contribution in [2.24, 2.45) is 5.73 Å². The Bertz CT molecular complexity index is 171. The highest BCUT2D eigenvalue weighted by molar-refractivity contribution is 5.79. The molecular formula is C8H17N3O2. The largest absolute Gasteiger partial charge is 0.370 e. The fourth-order valence-electron chi connectivity index (χ4n) is 0.766. The smallest absolute Gasteiger partial charge is 0.233 e. The summed E-state index contributed by atoms with van der Waals surface area (Å²) in [4.78, 5) is 21.3. The van der Waals surface area contributed by atoms with Crippen molar-refractivity contribution in [2.45, 2.75) is 19.8 Å². The molecule has 0 aliphatic rings. The van der Waals surface area contributed by atoms with Gasteiger partial charge in [0.1, 0.15) is 0 Å². The number of hydrogen-bond donors (Lipinski definition) is 3. The van der Waals surface area contributed by atoms with Gasteiger partial charge in [-0.15, -0.1) is 0 Å². The van der Waals surface area contributed by atoms with Crippen molar-refractivity contribution in [2.75, 3.05) is 19.6 Å². The normalized spacial score (nSPS) is 9.62. The van der Waals surface area contributed by atoms with Crippen LogP contribution in [0.25, 0.3) is 0 Å². The highest BCUT2D eigenvalue weighted by Crippen LogP contribution is 1.74. The monoisotopic (exact) mass is 187 g/mol. The Labute approximate surface area is 78.1 Å². The zero-order valence-corrected chi connectivity index (χ0v) is 7.93. The molecule has 4 N–H and O–H groups in total. The summed E-state index contributed by atoms with van der Waals surface area (Å²) in [6, 6.07) is 0. The quantitative estimate of drug-likeness (QED) is 0.446. The molecule has 0 saturated carbocycles. The molecule has 13 heavy (non-hydrogen) atoms. The summed E-state index contributed by atoms with van der Waals surface area (Å²) >= 11 is 0. The van der Waals surface area contributed by atoms with Crippen LogP contribution in [0.15, 0.2) is 0 Å². The fraction of sp³-hybridized carbons (Fsp3) is 0.750. The minimum atomic E-state index is -0.401. The van der Waals surface area contributed by atoms with Crippen LogP contribution in [0.2, 0.25) is 0 Å². The Kier molecular flexibility index (Phi) is 6.91. The van der Waals surface area contributed by atoms with Crippen LogP contribution in [0.4, 0.5) is 0 Å². The van der Waals surface area contributed by atoms with Crippen LogP contribution in [0.3, 0.4) is 0 Å². The molecule has 5 heteroatoms. The van der Waals surface area contributed by atoms with Crippen LogP contribution in [0.1, 0.15) is 19.8 Å². The van der Waals surface area contributed by atoms with Crippen molar-refractivity contribution in [3.8, 4) is 0 Å². The third-order valence-electron chi connectivity index (χ3n) is 1.41. The average molecular weight is 187 g/mol. The van der Waals surface area contributed by atoms with E-state index in [0.29, 0.717) is 13.1 Å². The van der Waals surface area contributed by atoms with E-state index >= 15 is 0 Å². The molecular weight excluding hydrogens is 170 g/mol. The van der Waals surface area contributed by atoms with Gasteiger partial charge in [0.2, 0.25) is 11.8 Å². The number of primary amides is 1. The Morgan fingerprint density at radius 1 is 1.31 bits per heavy atom. The number of nitrogens with two attached hydrogens (primary N) is 1. The van der Waals surface area contributed by atoms with E-state index in [0.717, 1.165) is 13.0 Å². The topological polar surface area (TPSA) is 84.2 Å². The van der Waals surface area contributed by atoms with Gasteiger partial charge in [0, 0.05) is 13.0 Å². The molecule has 2 amide bonds. The van der Waals surface area contributed by atoms with Crippen molar-refractivity contribution in [3.05, 3.63) is 0 Å². The van der Waals surface area contributed by atoms with Crippen LogP contribution in [-0.4, -0.2) is 31.4 Å². The van der Waals surface area contributed by atoms with E-state index in [1.807, 2.05) is 6.92 Å². The first-order valence-electron chi connectivity index (χ1n) is 4.42. The van der Waals surface area contributed by atoms with Crippen LogP contribution < -0.4 is 16.4 Å². The van der Waals surface area contributed by atoms with Crippen molar-refractivity contribution in [3.63, 3.8) is 0 Å². The van der Waals surface area contributed by atoms with E-state index in [-0.39, 0.29) is 12.3 Å². The van der Waals surface area contributed by atoms with Gasteiger partial charge >= 0.3 is 0 Å². The van der Waals surface area contributed by atoms with Gasteiger partial charge in [-0.2, -0.15) is 0 Å². The first-order chi connectivity index (χ1) is 6.16. The molecule has 76 valence electrons. The number of carbonyl (C=O) groups excluding carboxylic acids is 2. The Balaban J connectivity index is 3.25. The summed E-state index contributed by atoms with van der Waals surface area (Å²) in [5.41, 5.74) is 4.89. The van der Waals surface area contributed by atoms with Gasteiger partial charge in [-0.05, 0) is 13.0 Å². The zero-order chi connectivity index (χ0) is 10.1. The summed E-state index contributed by atoms with van der Waals surface area (Å²) in [5.74, 6) is -0.503. The highest BCUT2D eigenvalue weighted by Gasteiger charge is 1.99. The molecule has 0 fully saturated rings. The first-order valence-corrected chi connectivity index (χ1v) is 4.42. The second kappa shape index (κ2) is 7.54. The number of carbonyl (C=O) groups is 2. The van der Waals surface area contributed by atoms with Gasteiger partial charge in [0.25, 0.3) is 0 Å². The summed E-state index contributed by atoms with van der Waals surface area (Å²) in [5, 5.41) is 5.52. The summed E-state index contributed by atoms with van der Waals surface area (Å²) in [6.45, 7) is 3.47. The summed E-state index contributed by atoms with van der Waals surface area (Å²) in [6.07, 6.45) is 1.19. The van der Waals surface area contributed by atoms with Crippen molar-refractivity contribution in [1.29, 1.82) is 0 Å². The third-order valence-corrected chi connectivity index (χ3v) is 1.41. The van der Waals surface area contributed by atoms with Crippen LogP contribution in [0.5, 0.6) is 0 Å². The van der Waals surface area contributed by atoms with Gasteiger partial charge in [-0.1, -0.05) is 6.92 Å². The Hall–Kier alpha value is -1.10. The van der Waals surface area contributed by atoms with Crippen LogP contribution in [0, 0.1) is 0 Å². The highest BCUT2D eigenvalue weighted by atomic mass is 16.2. The van der Waals surface area contributed by atoms with Crippen molar-refractivity contribution < 1.29 is 9.59 Å².